The largest absolute Gasteiger partial charge is 0.409 e. The first-order valence-electron chi connectivity index (χ1n) is 5.21. The minimum absolute atomic E-state index is 0.0909. The molecule has 1 heterocycles. The lowest BCUT2D eigenvalue weighted by Crippen LogP contribution is -2.34. The Hall–Kier alpha value is -2.05. The van der Waals surface area contributed by atoms with Crippen LogP contribution in [0.1, 0.15) is 23.0 Å². The van der Waals surface area contributed by atoms with E-state index in [1.807, 2.05) is 6.92 Å². The van der Waals surface area contributed by atoms with Gasteiger partial charge in [-0.05, 0) is 6.92 Å². The third-order valence-electron chi connectivity index (χ3n) is 2.67. The van der Waals surface area contributed by atoms with Crippen molar-refractivity contribution in [3.63, 3.8) is 0 Å². The summed E-state index contributed by atoms with van der Waals surface area (Å²) < 4.78 is 1.63. The van der Waals surface area contributed by atoms with Crippen molar-refractivity contribution in [2.24, 2.45) is 23.9 Å². The molecule has 0 spiro atoms. The van der Waals surface area contributed by atoms with Crippen LogP contribution in [0.4, 0.5) is 0 Å². The maximum Gasteiger partial charge on any atom is 0.254 e. The summed E-state index contributed by atoms with van der Waals surface area (Å²) in [6.07, 6.45) is 1.51. The van der Waals surface area contributed by atoms with E-state index in [4.69, 9.17) is 10.9 Å². The van der Waals surface area contributed by atoms with Gasteiger partial charge in [0.2, 0.25) is 0 Å². The average molecular weight is 239 g/mol. The quantitative estimate of drug-likeness (QED) is 0.294. The summed E-state index contributed by atoms with van der Waals surface area (Å²) in [6, 6.07) is 0. The fraction of sp³-hybridized carbons (Fsp3) is 0.500. The summed E-state index contributed by atoms with van der Waals surface area (Å²) >= 11 is 0. The van der Waals surface area contributed by atoms with E-state index in [0.29, 0.717) is 12.1 Å². The highest BCUT2D eigenvalue weighted by Crippen LogP contribution is 2.05. The minimum atomic E-state index is -0.221. The Morgan fingerprint density at radius 2 is 2.41 bits per heavy atom. The molecule has 1 atom stereocenters. The molecule has 17 heavy (non-hydrogen) atoms. The molecule has 0 saturated carbocycles. The van der Waals surface area contributed by atoms with E-state index in [1.165, 1.54) is 6.20 Å². The van der Waals surface area contributed by atoms with Crippen LogP contribution in [0.5, 0.6) is 0 Å². The van der Waals surface area contributed by atoms with Gasteiger partial charge in [-0.25, -0.2) is 0 Å². The third-order valence-corrected chi connectivity index (χ3v) is 2.67. The number of hydrogen-bond acceptors (Lipinski definition) is 4. The van der Waals surface area contributed by atoms with Crippen molar-refractivity contribution in [1.29, 1.82) is 0 Å². The first kappa shape index (κ1) is 13.0. The highest BCUT2D eigenvalue weighted by atomic mass is 16.4. The van der Waals surface area contributed by atoms with Crippen LogP contribution in [0.25, 0.3) is 0 Å². The number of aromatic nitrogens is 2. The summed E-state index contributed by atoms with van der Waals surface area (Å²) in [5, 5.41) is 18.0. The molecular formula is C10H17N5O2. The monoisotopic (exact) mass is 239 g/mol. The second-order valence-corrected chi connectivity index (χ2v) is 3.90. The van der Waals surface area contributed by atoms with Gasteiger partial charge >= 0.3 is 0 Å². The molecule has 0 saturated heterocycles. The van der Waals surface area contributed by atoms with Crippen LogP contribution in [0.3, 0.4) is 0 Å². The van der Waals surface area contributed by atoms with E-state index in [2.05, 4.69) is 15.6 Å². The van der Waals surface area contributed by atoms with Gasteiger partial charge in [-0.15, -0.1) is 0 Å². The van der Waals surface area contributed by atoms with Crippen molar-refractivity contribution in [3.05, 3.63) is 17.5 Å². The zero-order valence-electron chi connectivity index (χ0n) is 10.1. The van der Waals surface area contributed by atoms with Crippen LogP contribution >= 0.6 is 0 Å². The predicted octanol–water partition coefficient (Wildman–Crippen LogP) is -0.159. The first-order chi connectivity index (χ1) is 7.97. The Kier molecular flexibility index (Phi) is 4.08. The fourth-order valence-corrected chi connectivity index (χ4v) is 1.27. The number of nitrogens with zero attached hydrogens (tertiary/aromatic N) is 3. The number of carbonyl (C=O) groups excluding carboxylic acids is 1. The number of hydrogen-bond donors (Lipinski definition) is 3. The Morgan fingerprint density at radius 1 is 1.76 bits per heavy atom. The van der Waals surface area contributed by atoms with E-state index in [1.54, 1.807) is 18.7 Å². The standard InChI is InChI=1S/C10H17N5O2/c1-6(9(11)14-17)4-12-10(16)8-5-13-15(3)7(8)2/h5-6,17H,4H2,1-3H3,(H2,11,14)(H,12,16). The van der Waals surface area contributed by atoms with Gasteiger partial charge < -0.3 is 16.3 Å². The molecule has 7 heteroatoms. The first-order valence-corrected chi connectivity index (χ1v) is 5.21. The lowest BCUT2D eigenvalue weighted by molar-refractivity contribution is 0.0950. The molecule has 1 aromatic heterocycles. The molecule has 0 aromatic carbocycles. The highest BCUT2D eigenvalue weighted by molar-refractivity contribution is 5.95. The Balaban J connectivity index is 2.59. The van der Waals surface area contributed by atoms with Gasteiger partial charge in [0.25, 0.3) is 5.91 Å². The maximum absolute atomic E-state index is 11.8. The Morgan fingerprint density at radius 3 is 2.88 bits per heavy atom. The zero-order valence-corrected chi connectivity index (χ0v) is 10.1. The molecule has 94 valence electrons. The number of amides is 1. The summed E-state index contributed by atoms with van der Waals surface area (Å²) in [5.74, 6) is -0.345. The van der Waals surface area contributed by atoms with Crippen molar-refractivity contribution >= 4 is 11.7 Å². The fourth-order valence-electron chi connectivity index (χ4n) is 1.27. The highest BCUT2D eigenvalue weighted by Gasteiger charge is 2.14. The van der Waals surface area contributed by atoms with Gasteiger partial charge in [0.05, 0.1) is 11.8 Å². The van der Waals surface area contributed by atoms with Gasteiger partial charge in [-0.2, -0.15) is 5.10 Å². The average Bonchev–Trinajstić information content (AvgIpc) is 2.65. The topological polar surface area (TPSA) is 106 Å². The summed E-state index contributed by atoms with van der Waals surface area (Å²) in [6.45, 7) is 3.88. The summed E-state index contributed by atoms with van der Waals surface area (Å²) in [4.78, 5) is 11.8. The maximum atomic E-state index is 11.8. The molecule has 0 aliphatic heterocycles. The molecule has 7 nitrogen and oxygen atoms in total. The van der Waals surface area contributed by atoms with E-state index in [-0.39, 0.29) is 17.7 Å². The molecule has 0 aliphatic carbocycles. The lowest BCUT2D eigenvalue weighted by atomic mass is 10.1. The molecule has 1 rings (SSSR count). The van der Waals surface area contributed by atoms with Crippen molar-refractivity contribution in [2.45, 2.75) is 13.8 Å². The molecular weight excluding hydrogens is 222 g/mol. The van der Waals surface area contributed by atoms with Crippen LogP contribution in [-0.4, -0.2) is 33.3 Å². The number of carbonyl (C=O) groups is 1. The van der Waals surface area contributed by atoms with Crippen LogP contribution in [0.2, 0.25) is 0 Å². The smallest absolute Gasteiger partial charge is 0.254 e. The molecule has 0 bridgehead atoms. The van der Waals surface area contributed by atoms with Gasteiger partial charge in [0.15, 0.2) is 0 Å². The van der Waals surface area contributed by atoms with E-state index < -0.39 is 0 Å². The number of oxime groups is 1. The molecule has 1 amide bonds. The van der Waals surface area contributed by atoms with Gasteiger partial charge in [0, 0.05) is 25.2 Å². The molecule has 0 fully saturated rings. The summed E-state index contributed by atoms with van der Waals surface area (Å²) in [7, 11) is 1.77. The van der Waals surface area contributed by atoms with Gasteiger partial charge in [-0.1, -0.05) is 12.1 Å². The van der Waals surface area contributed by atoms with E-state index in [9.17, 15) is 4.79 Å². The van der Waals surface area contributed by atoms with Crippen LogP contribution in [0.15, 0.2) is 11.4 Å². The number of aryl methyl sites for hydroxylation is 1. The van der Waals surface area contributed by atoms with Crippen molar-refractivity contribution in [3.8, 4) is 0 Å². The molecule has 1 unspecified atom stereocenters. The molecule has 0 radical (unpaired) electrons. The minimum Gasteiger partial charge on any atom is -0.409 e. The summed E-state index contributed by atoms with van der Waals surface area (Å²) in [5.41, 5.74) is 6.73. The van der Waals surface area contributed by atoms with Crippen LogP contribution < -0.4 is 11.1 Å². The normalized spacial score (nSPS) is 13.5. The lowest BCUT2D eigenvalue weighted by Gasteiger charge is -2.10. The Bertz CT molecular complexity index is 438. The SMILES string of the molecule is Cc1c(C(=O)NCC(C)C(N)=NO)cnn1C. The van der Waals surface area contributed by atoms with Crippen molar-refractivity contribution < 1.29 is 10.0 Å². The predicted molar refractivity (Wildman–Crippen MR) is 62.9 cm³/mol. The molecule has 1 aromatic rings. The van der Waals surface area contributed by atoms with Crippen LogP contribution in [0, 0.1) is 12.8 Å². The van der Waals surface area contributed by atoms with E-state index >= 15 is 0 Å². The molecule has 4 N–H and O–H groups in total. The number of nitrogens with two attached hydrogens (primary N) is 1. The van der Waals surface area contributed by atoms with Gasteiger partial charge in [-0.3, -0.25) is 9.48 Å². The second kappa shape index (κ2) is 5.33. The third kappa shape index (κ3) is 2.96. The Labute approximate surface area is 99.3 Å². The second-order valence-electron chi connectivity index (χ2n) is 3.90. The van der Waals surface area contributed by atoms with Crippen molar-refractivity contribution in [2.75, 3.05) is 6.54 Å². The number of nitrogens with one attached hydrogen (secondary N) is 1. The van der Waals surface area contributed by atoms with Gasteiger partial charge in [0.1, 0.15) is 5.84 Å². The van der Waals surface area contributed by atoms with Crippen LogP contribution in [-0.2, 0) is 7.05 Å². The zero-order chi connectivity index (χ0) is 13.0. The van der Waals surface area contributed by atoms with Crippen molar-refractivity contribution in [1.82, 2.24) is 15.1 Å². The molecule has 0 aliphatic rings. The number of rotatable bonds is 4. The number of amidine groups is 1. The van der Waals surface area contributed by atoms with E-state index in [0.717, 1.165) is 5.69 Å².